The maximum absolute atomic E-state index is 13.1. The number of carbonyl (C=O) groups is 4. The fourth-order valence-electron chi connectivity index (χ4n) is 3.14. The third-order valence-electron chi connectivity index (χ3n) is 4.63. The molecule has 1 saturated heterocycles. The summed E-state index contributed by atoms with van der Waals surface area (Å²) in [7, 11) is 0. The van der Waals surface area contributed by atoms with E-state index in [0.29, 0.717) is 23.7 Å². The number of imidazole rings is 1. The first-order chi connectivity index (χ1) is 14.2. The standard InChI is InChI=1S/C18H29N7O4S/c1-10(2)3-13(18(29)25-9-30-7-14(25)16(20)27)24-17(28)12(23-15(26)5-19)4-11-6-21-8-22-11/h6,8,10,12-14H,3-5,7,9,19H2,1-2H3,(H2,20,27)(H,21,22)(H,23,26)(H,24,28)/t12-,13-,14-/m0/s1. The number of hydrogen-bond acceptors (Lipinski definition) is 7. The molecule has 7 N–H and O–H groups in total. The van der Waals surface area contributed by atoms with E-state index in [2.05, 4.69) is 20.6 Å². The molecule has 3 atom stereocenters. The van der Waals surface area contributed by atoms with Crippen LogP contribution < -0.4 is 22.1 Å². The molecule has 4 amide bonds. The summed E-state index contributed by atoms with van der Waals surface area (Å²) < 4.78 is 0. The second-order valence-electron chi connectivity index (χ2n) is 7.52. The fourth-order valence-corrected chi connectivity index (χ4v) is 4.32. The van der Waals surface area contributed by atoms with Crippen LogP contribution in [0.5, 0.6) is 0 Å². The van der Waals surface area contributed by atoms with E-state index in [1.807, 2.05) is 13.8 Å². The molecule has 11 nitrogen and oxygen atoms in total. The molecule has 0 radical (unpaired) electrons. The van der Waals surface area contributed by atoms with Crippen LogP contribution in [0.3, 0.4) is 0 Å². The molecule has 1 aliphatic heterocycles. The van der Waals surface area contributed by atoms with E-state index in [4.69, 9.17) is 11.5 Å². The molecule has 30 heavy (non-hydrogen) atoms. The number of carbonyl (C=O) groups excluding carboxylic acids is 4. The SMILES string of the molecule is CC(C)C[C@H](NC(=O)[C@H](Cc1cnc[nH]1)NC(=O)CN)C(=O)N1CSC[C@H]1C(N)=O. The molecular weight excluding hydrogens is 410 g/mol. The molecule has 2 rings (SSSR count). The molecule has 2 heterocycles. The van der Waals surface area contributed by atoms with Gasteiger partial charge in [-0.15, -0.1) is 11.8 Å². The predicted octanol–water partition coefficient (Wildman–Crippen LogP) is -1.69. The van der Waals surface area contributed by atoms with Crippen LogP contribution in [0.25, 0.3) is 0 Å². The summed E-state index contributed by atoms with van der Waals surface area (Å²) in [6.45, 7) is 3.58. The molecule has 0 saturated carbocycles. The summed E-state index contributed by atoms with van der Waals surface area (Å²) in [5.41, 5.74) is 11.4. The Kier molecular flexibility index (Phi) is 8.66. The molecule has 0 spiro atoms. The molecule has 166 valence electrons. The second kappa shape index (κ2) is 11.0. The van der Waals surface area contributed by atoms with Gasteiger partial charge in [-0.2, -0.15) is 0 Å². The lowest BCUT2D eigenvalue weighted by molar-refractivity contribution is -0.141. The summed E-state index contributed by atoms with van der Waals surface area (Å²) in [5.74, 6) is -1.09. The number of nitrogens with zero attached hydrogens (tertiary/aromatic N) is 2. The van der Waals surface area contributed by atoms with Crippen molar-refractivity contribution < 1.29 is 19.2 Å². The zero-order valence-corrected chi connectivity index (χ0v) is 17.9. The van der Waals surface area contributed by atoms with Crippen molar-refractivity contribution in [2.75, 3.05) is 18.2 Å². The predicted molar refractivity (Wildman–Crippen MR) is 112 cm³/mol. The highest BCUT2D eigenvalue weighted by Gasteiger charge is 2.38. The van der Waals surface area contributed by atoms with E-state index in [0.717, 1.165) is 0 Å². The van der Waals surface area contributed by atoms with Crippen molar-refractivity contribution in [1.29, 1.82) is 0 Å². The molecule has 0 aliphatic carbocycles. The molecule has 0 bridgehead atoms. The summed E-state index contributed by atoms with van der Waals surface area (Å²) in [6, 6.07) is -2.49. The Morgan fingerprint density at radius 3 is 2.60 bits per heavy atom. The lowest BCUT2D eigenvalue weighted by Gasteiger charge is -2.29. The Morgan fingerprint density at radius 2 is 2.03 bits per heavy atom. The van der Waals surface area contributed by atoms with Crippen LogP contribution in [0.1, 0.15) is 26.0 Å². The number of H-pyrrole nitrogens is 1. The van der Waals surface area contributed by atoms with Gasteiger partial charge >= 0.3 is 0 Å². The number of hydrogen-bond donors (Lipinski definition) is 5. The maximum atomic E-state index is 13.1. The van der Waals surface area contributed by atoms with E-state index >= 15 is 0 Å². The number of nitrogens with one attached hydrogen (secondary N) is 3. The van der Waals surface area contributed by atoms with Crippen LogP contribution in [-0.2, 0) is 25.6 Å². The van der Waals surface area contributed by atoms with Gasteiger partial charge in [0.25, 0.3) is 0 Å². The summed E-state index contributed by atoms with van der Waals surface area (Å²) in [4.78, 5) is 57.8. The first-order valence-corrected chi connectivity index (χ1v) is 10.8. The van der Waals surface area contributed by atoms with Crippen LogP contribution in [0.15, 0.2) is 12.5 Å². The number of aromatic amines is 1. The van der Waals surface area contributed by atoms with Gasteiger partial charge in [0.1, 0.15) is 18.1 Å². The number of thioether (sulfide) groups is 1. The van der Waals surface area contributed by atoms with E-state index in [-0.39, 0.29) is 24.8 Å². The molecule has 12 heteroatoms. The molecule has 0 unspecified atom stereocenters. The van der Waals surface area contributed by atoms with Crippen LogP contribution in [0.4, 0.5) is 0 Å². The Bertz CT molecular complexity index is 756. The highest BCUT2D eigenvalue weighted by atomic mass is 32.2. The van der Waals surface area contributed by atoms with Gasteiger partial charge < -0.3 is 32.0 Å². The van der Waals surface area contributed by atoms with Gasteiger partial charge in [0.05, 0.1) is 18.7 Å². The zero-order valence-electron chi connectivity index (χ0n) is 17.1. The van der Waals surface area contributed by atoms with E-state index in [1.54, 1.807) is 6.20 Å². The van der Waals surface area contributed by atoms with Gasteiger partial charge in [-0.05, 0) is 12.3 Å². The van der Waals surface area contributed by atoms with Crippen molar-refractivity contribution in [3.8, 4) is 0 Å². The zero-order chi connectivity index (χ0) is 22.3. The second-order valence-corrected chi connectivity index (χ2v) is 8.52. The molecule has 1 fully saturated rings. The smallest absolute Gasteiger partial charge is 0.246 e. The summed E-state index contributed by atoms with van der Waals surface area (Å²) in [5, 5.41) is 5.32. The number of aromatic nitrogens is 2. The Morgan fingerprint density at radius 1 is 1.30 bits per heavy atom. The van der Waals surface area contributed by atoms with Gasteiger partial charge in [0.2, 0.25) is 23.6 Å². The van der Waals surface area contributed by atoms with Crippen molar-refractivity contribution in [3.05, 3.63) is 18.2 Å². The minimum absolute atomic E-state index is 0.103. The van der Waals surface area contributed by atoms with Crippen molar-refractivity contribution in [2.45, 2.75) is 44.8 Å². The van der Waals surface area contributed by atoms with Crippen molar-refractivity contribution in [3.63, 3.8) is 0 Å². The Labute approximate surface area is 179 Å². The lowest BCUT2D eigenvalue weighted by atomic mass is 10.0. The normalized spacial score (nSPS) is 18.1. The molecule has 1 aromatic rings. The quantitative estimate of drug-likeness (QED) is 0.289. The largest absolute Gasteiger partial charge is 0.368 e. The summed E-state index contributed by atoms with van der Waals surface area (Å²) >= 11 is 1.43. The van der Waals surface area contributed by atoms with Gasteiger partial charge in [-0.3, -0.25) is 19.2 Å². The third-order valence-corrected chi connectivity index (χ3v) is 5.64. The molecule has 1 aromatic heterocycles. The first kappa shape index (κ1) is 23.7. The first-order valence-electron chi connectivity index (χ1n) is 9.67. The van der Waals surface area contributed by atoms with Crippen molar-refractivity contribution in [2.24, 2.45) is 17.4 Å². The third kappa shape index (κ3) is 6.46. The van der Waals surface area contributed by atoms with E-state index in [9.17, 15) is 19.2 Å². The van der Waals surface area contributed by atoms with Crippen LogP contribution in [0.2, 0.25) is 0 Å². The Hall–Kier alpha value is -2.60. The van der Waals surface area contributed by atoms with Gasteiger partial charge in [-0.1, -0.05) is 13.8 Å². The van der Waals surface area contributed by atoms with Crippen LogP contribution in [0, 0.1) is 5.92 Å². The van der Waals surface area contributed by atoms with E-state index in [1.165, 1.54) is 23.0 Å². The topological polar surface area (TPSA) is 176 Å². The minimum Gasteiger partial charge on any atom is -0.368 e. The average Bonchev–Trinajstić information content (AvgIpc) is 3.37. The maximum Gasteiger partial charge on any atom is 0.246 e. The average molecular weight is 440 g/mol. The summed E-state index contributed by atoms with van der Waals surface area (Å²) in [6.07, 6.45) is 3.54. The van der Waals surface area contributed by atoms with Gasteiger partial charge in [-0.25, -0.2) is 4.98 Å². The van der Waals surface area contributed by atoms with Crippen LogP contribution in [-0.4, -0.2) is 74.8 Å². The Balaban J connectivity index is 2.17. The fraction of sp³-hybridized carbons (Fsp3) is 0.611. The monoisotopic (exact) mass is 439 g/mol. The molecular formula is C18H29N7O4S. The highest BCUT2D eigenvalue weighted by molar-refractivity contribution is 7.99. The van der Waals surface area contributed by atoms with Crippen molar-refractivity contribution in [1.82, 2.24) is 25.5 Å². The number of amides is 4. The lowest BCUT2D eigenvalue weighted by Crippen LogP contribution is -2.57. The van der Waals surface area contributed by atoms with Crippen LogP contribution >= 0.6 is 11.8 Å². The van der Waals surface area contributed by atoms with Gasteiger partial charge in [0.15, 0.2) is 0 Å². The number of primary amides is 1. The molecule has 0 aromatic carbocycles. The molecule has 1 aliphatic rings. The van der Waals surface area contributed by atoms with Gasteiger partial charge in [0, 0.05) is 24.1 Å². The highest BCUT2D eigenvalue weighted by Crippen LogP contribution is 2.23. The van der Waals surface area contributed by atoms with E-state index < -0.39 is 35.8 Å². The number of rotatable bonds is 10. The minimum atomic E-state index is -0.941. The van der Waals surface area contributed by atoms with Crippen molar-refractivity contribution >= 4 is 35.4 Å². The number of nitrogens with two attached hydrogens (primary N) is 2.